The van der Waals surface area contributed by atoms with Crippen molar-refractivity contribution in [1.29, 1.82) is 0 Å². The van der Waals surface area contributed by atoms with Gasteiger partial charge in [-0.05, 0) is 55.0 Å². The number of nitrogens with one attached hydrogen (secondary N) is 2. The summed E-state index contributed by atoms with van der Waals surface area (Å²) in [7, 11) is -2.59. The van der Waals surface area contributed by atoms with Gasteiger partial charge in [0.05, 0.1) is 31.1 Å². The summed E-state index contributed by atoms with van der Waals surface area (Å²) in [4.78, 5) is 24.9. The Morgan fingerprint density at radius 1 is 0.941 bits per heavy atom. The lowest BCUT2D eigenvalue weighted by molar-refractivity contribution is -0.141. The molecule has 0 saturated heterocycles. The summed E-state index contributed by atoms with van der Waals surface area (Å²) in [5.41, 5.74) is 1.21. The summed E-state index contributed by atoms with van der Waals surface area (Å²) in [5.74, 6) is -0.356. The number of amides is 1. The molecule has 1 amide bonds. The molecule has 9 heteroatoms. The second kappa shape index (κ2) is 11.3. The lowest BCUT2D eigenvalue weighted by Crippen LogP contribution is -2.30. The maximum atomic E-state index is 12.9. The molecule has 0 heterocycles. The Kier molecular flexibility index (Phi) is 8.26. The van der Waals surface area contributed by atoms with Crippen molar-refractivity contribution in [2.75, 3.05) is 18.4 Å². The predicted octanol–water partition coefficient (Wildman–Crippen LogP) is 3.92. The highest BCUT2D eigenvalue weighted by molar-refractivity contribution is 7.92. The molecule has 2 N–H and O–H groups in total. The molecule has 3 aromatic carbocycles. The molecule has 0 saturated carbocycles. The van der Waals surface area contributed by atoms with Crippen LogP contribution in [0.5, 0.6) is 5.75 Å². The standard InChI is InChI=1S/C25H26N2O6S/c1-3-33-21-12-14-22(15-13-21)34(30,31)27-20-11-7-10-19(16-20)25(29)26-23(17-24(28)32-2)18-8-5-4-6-9-18/h4-16,23,27H,3,17H2,1-2H3,(H,26,29). The largest absolute Gasteiger partial charge is 0.494 e. The van der Waals surface area contributed by atoms with E-state index in [0.717, 1.165) is 5.56 Å². The first-order chi connectivity index (χ1) is 16.3. The van der Waals surface area contributed by atoms with E-state index in [2.05, 4.69) is 10.0 Å². The van der Waals surface area contributed by atoms with Crippen LogP contribution in [-0.2, 0) is 19.6 Å². The first-order valence-corrected chi connectivity index (χ1v) is 12.1. The smallest absolute Gasteiger partial charge is 0.307 e. The van der Waals surface area contributed by atoms with Crippen molar-refractivity contribution in [2.45, 2.75) is 24.3 Å². The van der Waals surface area contributed by atoms with Gasteiger partial charge in [0.1, 0.15) is 5.75 Å². The van der Waals surface area contributed by atoms with Gasteiger partial charge in [0.2, 0.25) is 0 Å². The number of methoxy groups -OCH3 is 1. The molecular formula is C25H26N2O6S. The first kappa shape index (κ1) is 24.8. The van der Waals surface area contributed by atoms with Crippen molar-refractivity contribution in [3.8, 4) is 5.75 Å². The maximum Gasteiger partial charge on any atom is 0.307 e. The van der Waals surface area contributed by atoms with Gasteiger partial charge in [-0.2, -0.15) is 0 Å². The van der Waals surface area contributed by atoms with E-state index in [9.17, 15) is 18.0 Å². The molecule has 0 fully saturated rings. The number of hydrogen-bond donors (Lipinski definition) is 2. The minimum atomic E-state index is -3.87. The van der Waals surface area contributed by atoms with Gasteiger partial charge in [0, 0.05) is 11.3 Å². The monoisotopic (exact) mass is 482 g/mol. The topological polar surface area (TPSA) is 111 Å². The second-order valence-electron chi connectivity index (χ2n) is 7.31. The van der Waals surface area contributed by atoms with E-state index in [1.807, 2.05) is 25.1 Å². The minimum Gasteiger partial charge on any atom is -0.494 e. The van der Waals surface area contributed by atoms with Gasteiger partial charge in [-0.25, -0.2) is 8.42 Å². The van der Waals surface area contributed by atoms with Crippen LogP contribution in [0.25, 0.3) is 0 Å². The third kappa shape index (κ3) is 6.58. The van der Waals surface area contributed by atoms with E-state index in [0.29, 0.717) is 12.4 Å². The number of benzene rings is 3. The number of anilines is 1. The molecule has 1 atom stereocenters. The van der Waals surface area contributed by atoms with E-state index < -0.39 is 27.9 Å². The lowest BCUT2D eigenvalue weighted by atomic mass is 10.0. The Morgan fingerprint density at radius 2 is 1.65 bits per heavy atom. The highest BCUT2D eigenvalue weighted by Crippen LogP contribution is 2.22. The van der Waals surface area contributed by atoms with Gasteiger partial charge < -0.3 is 14.8 Å². The molecule has 0 radical (unpaired) electrons. The Hall–Kier alpha value is -3.85. The minimum absolute atomic E-state index is 0.0453. The number of esters is 1. The Labute approximate surface area is 199 Å². The zero-order chi connectivity index (χ0) is 24.6. The average Bonchev–Trinajstić information content (AvgIpc) is 2.84. The number of sulfonamides is 1. The Bertz CT molecular complexity index is 1230. The highest BCUT2D eigenvalue weighted by atomic mass is 32.2. The summed E-state index contributed by atoms with van der Waals surface area (Å²) < 4.78 is 38.1. The van der Waals surface area contributed by atoms with E-state index in [1.165, 1.54) is 25.3 Å². The van der Waals surface area contributed by atoms with Crippen LogP contribution < -0.4 is 14.8 Å². The van der Waals surface area contributed by atoms with Crippen LogP contribution in [0.4, 0.5) is 5.69 Å². The van der Waals surface area contributed by atoms with Crippen LogP contribution in [0.2, 0.25) is 0 Å². The second-order valence-corrected chi connectivity index (χ2v) is 8.99. The molecule has 1 unspecified atom stereocenters. The van der Waals surface area contributed by atoms with Gasteiger partial charge in [0.15, 0.2) is 0 Å². The Morgan fingerprint density at radius 3 is 2.29 bits per heavy atom. The lowest BCUT2D eigenvalue weighted by Gasteiger charge is -2.18. The molecule has 3 rings (SSSR count). The first-order valence-electron chi connectivity index (χ1n) is 10.6. The third-order valence-electron chi connectivity index (χ3n) is 4.93. The molecule has 178 valence electrons. The van der Waals surface area contributed by atoms with Crippen molar-refractivity contribution >= 4 is 27.6 Å². The van der Waals surface area contributed by atoms with Crippen molar-refractivity contribution in [2.24, 2.45) is 0 Å². The van der Waals surface area contributed by atoms with E-state index in [-0.39, 0.29) is 22.6 Å². The molecule has 8 nitrogen and oxygen atoms in total. The number of hydrogen-bond acceptors (Lipinski definition) is 6. The summed E-state index contributed by atoms with van der Waals surface area (Å²) in [6.07, 6.45) is -0.0453. The number of carbonyl (C=O) groups excluding carboxylic acids is 2. The van der Waals surface area contributed by atoms with Crippen LogP contribution >= 0.6 is 0 Å². The molecule has 0 aromatic heterocycles. The van der Waals surface area contributed by atoms with Gasteiger partial charge in [-0.15, -0.1) is 0 Å². The quantitative estimate of drug-likeness (QED) is 0.424. The van der Waals surface area contributed by atoms with Crippen LogP contribution in [0, 0.1) is 0 Å². The van der Waals surface area contributed by atoms with Crippen LogP contribution in [0.15, 0.2) is 83.8 Å². The maximum absolute atomic E-state index is 12.9. The van der Waals surface area contributed by atoms with Crippen molar-refractivity contribution < 1.29 is 27.5 Å². The summed E-state index contributed by atoms with van der Waals surface area (Å²) in [5, 5.41) is 2.82. The fraction of sp³-hybridized carbons (Fsp3) is 0.200. The summed E-state index contributed by atoms with van der Waals surface area (Å²) in [6.45, 7) is 2.32. The van der Waals surface area contributed by atoms with E-state index in [1.54, 1.807) is 42.5 Å². The highest BCUT2D eigenvalue weighted by Gasteiger charge is 2.20. The van der Waals surface area contributed by atoms with Gasteiger partial charge >= 0.3 is 5.97 Å². The average molecular weight is 483 g/mol. The van der Waals surface area contributed by atoms with E-state index >= 15 is 0 Å². The van der Waals surface area contributed by atoms with Crippen LogP contribution in [-0.4, -0.2) is 34.0 Å². The van der Waals surface area contributed by atoms with Crippen LogP contribution in [0.3, 0.4) is 0 Å². The fourth-order valence-electron chi connectivity index (χ4n) is 3.25. The Balaban J connectivity index is 1.76. The number of carbonyl (C=O) groups is 2. The molecule has 0 aliphatic rings. The zero-order valence-corrected chi connectivity index (χ0v) is 19.7. The number of rotatable bonds is 10. The molecule has 0 bridgehead atoms. The SMILES string of the molecule is CCOc1ccc(S(=O)(=O)Nc2cccc(C(=O)NC(CC(=O)OC)c3ccccc3)c2)cc1. The molecule has 0 aliphatic carbocycles. The predicted molar refractivity (Wildman–Crippen MR) is 128 cm³/mol. The molecule has 3 aromatic rings. The van der Waals surface area contributed by atoms with Crippen molar-refractivity contribution in [1.82, 2.24) is 5.32 Å². The molecule has 34 heavy (non-hydrogen) atoms. The van der Waals surface area contributed by atoms with Crippen molar-refractivity contribution in [3.63, 3.8) is 0 Å². The van der Waals surface area contributed by atoms with E-state index in [4.69, 9.17) is 9.47 Å². The zero-order valence-electron chi connectivity index (χ0n) is 18.9. The van der Waals surface area contributed by atoms with Crippen molar-refractivity contribution in [3.05, 3.63) is 90.0 Å². The molecular weight excluding hydrogens is 456 g/mol. The third-order valence-corrected chi connectivity index (χ3v) is 6.32. The van der Waals surface area contributed by atoms with Gasteiger partial charge in [-0.3, -0.25) is 14.3 Å². The molecule has 0 spiro atoms. The fourth-order valence-corrected chi connectivity index (χ4v) is 4.30. The van der Waals surface area contributed by atoms with Crippen LogP contribution in [0.1, 0.15) is 35.3 Å². The van der Waals surface area contributed by atoms with Gasteiger partial charge in [-0.1, -0.05) is 36.4 Å². The normalized spacial score (nSPS) is 11.8. The van der Waals surface area contributed by atoms with Gasteiger partial charge in [0.25, 0.3) is 15.9 Å². The molecule has 0 aliphatic heterocycles. The summed E-state index contributed by atoms with van der Waals surface area (Å²) >= 11 is 0. The number of ether oxygens (including phenoxy) is 2. The summed E-state index contributed by atoms with van der Waals surface area (Å²) in [6, 6.07) is 20.6.